The van der Waals surface area contributed by atoms with Gasteiger partial charge in [0.25, 0.3) is 0 Å². The quantitative estimate of drug-likeness (QED) is 0.868. The van der Waals surface area contributed by atoms with Gasteiger partial charge in [0.15, 0.2) is 0 Å². The van der Waals surface area contributed by atoms with E-state index in [2.05, 4.69) is 5.32 Å². The van der Waals surface area contributed by atoms with Crippen LogP contribution in [0.2, 0.25) is 0 Å². The summed E-state index contributed by atoms with van der Waals surface area (Å²) < 4.78 is 19.0. The van der Waals surface area contributed by atoms with Crippen LogP contribution in [0.4, 0.5) is 4.39 Å². The van der Waals surface area contributed by atoms with Gasteiger partial charge in [0, 0.05) is 19.8 Å². The Kier molecular flexibility index (Phi) is 4.10. The van der Waals surface area contributed by atoms with Gasteiger partial charge in [-0.05, 0) is 43.4 Å². The number of rotatable bonds is 5. The maximum absolute atomic E-state index is 13.6. The highest BCUT2D eigenvalue weighted by Crippen LogP contribution is 2.45. The van der Waals surface area contributed by atoms with Gasteiger partial charge in [-0.2, -0.15) is 0 Å². The number of nitrogens with one attached hydrogen (secondary N) is 1. The minimum atomic E-state index is -0.871. The molecule has 0 spiro atoms. The minimum Gasteiger partial charge on any atom is -0.481 e. The van der Waals surface area contributed by atoms with Gasteiger partial charge in [0.05, 0.1) is 10.8 Å². The summed E-state index contributed by atoms with van der Waals surface area (Å²) in [5.41, 5.74) is -1.04. The topological polar surface area (TPSA) is 75.6 Å². The van der Waals surface area contributed by atoms with Crippen molar-refractivity contribution in [2.45, 2.75) is 31.1 Å². The summed E-state index contributed by atoms with van der Waals surface area (Å²) in [4.78, 5) is 24.1. The molecule has 1 aromatic carbocycles. The molecule has 1 aliphatic carbocycles. The maximum atomic E-state index is 13.6. The molecule has 1 heterocycles. The van der Waals surface area contributed by atoms with E-state index in [0.29, 0.717) is 44.5 Å². The molecule has 0 radical (unpaired) electrons. The van der Waals surface area contributed by atoms with E-state index in [1.807, 2.05) is 0 Å². The molecule has 1 saturated heterocycles. The molecule has 2 aliphatic rings. The number of carboxylic acid groups (broad SMARTS) is 1. The van der Waals surface area contributed by atoms with E-state index < -0.39 is 16.8 Å². The number of amides is 1. The van der Waals surface area contributed by atoms with Crippen LogP contribution >= 0.6 is 0 Å². The van der Waals surface area contributed by atoms with Crippen LogP contribution in [-0.2, 0) is 19.7 Å². The highest BCUT2D eigenvalue weighted by atomic mass is 19.1. The summed E-state index contributed by atoms with van der Waals surface area (Å²) in [5, 5.41) is 12.0. The number of aliphatic carboxylic acids is 1. The Labute approximate surface area is 133 Å². The fraction of sp³-hybridized carbons (Fsp3) is 0.529. The van der Waals surface area contributed by atoms with Gasteiger partial charge in [-0.3, -0.25) is 9.59 Å². The fourth-order valence-corrected chi connectivity index (χ4v) is 3.19. The summed E-state index contributed by atoms with van der Waals surface area (Å²) in [7, 11) is 0. The monoisotopic (exact) mass is 321 g/mol. The Hall–Kier alpha value is -1.95. The predicted octanol–water partition coefficient (Wildman–Crippen LogP) is 1.85. The van der Waals surface area contributed by atoms with Crippen molar-refractivity contribution in [1.29, 1.82) is 0 Å². The van der Waals surface area contributed by atoms with Gasteiger partial charge in [-0.25, -0.2) is 4.39 Å². The van der Waals surface area contributed by atoms with Crippen LogP contribution in [0.25, 0.3) is 0 Å². The molecule has 5 nitrogen and oxygen atoms in total. The Morgan fingerprint density at radius 2 is 1.91 bits per heavy atom. The van der Waals surface area contributed by atoms with E-state index in [1.165, 1.54) is 12.1 Å². The fourth-order valence-electron chi connectivity index (χ4n) is 3.19. The first-order chi connectivity index (χ1) is 11.0. The molecule has 1 aliphatic heterocycles. The molecule has 0 atom stereocenters. The first-order valence-corrected chi connectivity index (χ1v) is 7.84. The molecule has 1 saturated carbocycles. The van der Waals surface area contributed by atoms with Crippen LogP contribution in [0.3, 0.4) is 0 Å². The van der Waals surface area contributed by atoms with Crippen molar-refractivity contribution in [1.82, 2.24) is 5.32 Å². The Balaban J connectivity index is 1.81. The van der Waals surface area contributed by atoms with E-state index in [1.54, 1.807) is 12.1 Å². The Morgan fingerprint density at radius 3 is 2.48 bits per heavy atom. The number of halogens is 1. The lowest BCUT2D eigenvalue weighted by molar-refractivity contribution is -0.143. The smallest absolute Gasteiger partial charge is 0.311 e. The summed E-state index contributed by atoms with van der Waals surface area (Å²) >= 11 is 0. The van der Waals surface area contributed by atoms with Crippen LogP contribution in [0.1, 0.15) is 31.2 Å². The highest BCUT2D eigenvalue weighted by molar-refractivity contribution is 5.89. The summed E-state index contributed by atoms with van der Waals surface area (Å²) in [6.07, 6.45) is 2.09. The maximum Gasteiger partial charge on any atom is 0.311 e. The van der Waals surface area contributed by atoms with Gasteiger partial charge in [-0.1, -0.05) is 12.1 Å². The lowest BCUT2D eigenvalue weighted by atomic mass is 9.73. The number of hydrogen-bond acceptors (Lipinski definition) is 3. The van der Waals surface area contributed by atoms with Gasteiger partial charge in [0.1, 0.15) is 5.82 Å². The van der Waals surface area contributed by atoms with Crippen molar-refractivity contribution < 1.29 is 23.8 Å². The van der Waals surface area contributed by atoms with E-state index in [4.69, 9.17) is 4.74 Å². The number of carboxylic acids is 1. The van der Waals surface area contributed by atoms with Crippen molar-refractivity contribution in [2.75, 3.05) is 19.8 Å². The second-order valence-corrected chi connectivity index (χ2v) is 6.47. The number of benzene rings is 1. The molecular weight excluding hydrogens is 301 g/mol. The third kappa shape index (κ3) is 2.95. The third-order valence-corrected chi connectivity index (χ3v) is 5.05. The molecule has 6 heteroatoms. The molecule has 0 bridgehead atoms. The van der Waals surface area contributed by atoms with Crippen LogP contribution in [0, 0.1) is 11.2 Å². The molecule has 2 fully saturated rings. The van der Waals surface area contributed by atoms with Crippen molar-refractivity contribution >= 4 is 11.9 Å². The van der Waals surface area contributed by atoms with E-state index in [-0.39, 0.29) is 18.3 Å². The number of carbonyl (C=O) groups is 2. The minimum absolute atomic E-state index is 0.124. The van der Waals surface area contributed by atoms with Gasteiger partial charge in [0.2, 0.25) is 5.91 Å². The van der Waals surface area contributed by atoms with Crippen LogP contribution < -0.4 is 5.32 Å². The first-order valence-electron chi connectivity index (χ1n) is 7.84. The van der Waals surface area contributed by atoms with Gasteiger partial charge >= 0.3 is 5.97 Å². The zero-order chi connectivity index (χ0) is 16.5. The molecule has 1 aromatic rings. The second kappa shape index (κ2) is 5.92. The van der Waals surface area contributed by atoms with Crippen LogP contribution in [0.5, 0.6) is 0 Å². The number of hydrogen-bond donors (Lipinski definition) is 2. The second-order valence-electron chi connectivity index (χ2n) is 6.47. The lowest BCUT2D eigenvalue weighted by Gasteiger charge is -2.36. The van der Waals surface area contributed by atoms with Crippen molar-refractivity contribution in [3.63, 3.8) is 0 Å². The zero-order valence-electron chi connectivity index (χ0n) is 12.8. The average molecular weight is 321 g/mol. The standard InChI is InChI=1S/C17H20FNO4/c18-13-3-1-2-12(10-13)17(6-8-23-9-7-17)14(20)19-11-16(4-5-16)15(21)22/h1-3,10H,4-9,11H2,(H,19,20)(H,21,22). The number of carbonyl (C=O) groups excluding carboxylic acids is 1. The number of ether oxygens (including phenoxy) is 1. The molecule has 0 unspecified atom stereocenters. The molecule has 2 N–H and O–H groups in total. The van der Waals surface area contributed by atoms with E-state index in [0.717, 1.165) is 0 Å². The van der Waals surface area contributed by atoms with Gasteiger partial charge in [-0.15, -0.1) is 0 Å². The normalized spacial score (nSPS) is 21.4. The summed E-state index contributed by atoms with van der Waals surface area (Å²) in [6, 6.07) is 6.07. The molecule has 23 heavy (non-hydrogen) atoms. The van der Waals surface area contributed by atoms with Crippen molar-refractivity contribution in [2.24, 2.45) is 5.41 Å². The molecular formula is C17H20FNO4. The molecule has 1 amide bonds. The van der Waals surface area contributed by atoms with Crippen molar-refractivity contribution in [3.05, 3.63) is 35.6 Å². The third-order valence-electron chi connectivity index (χ3n) is 5.05. The summed E-state index contributed by atoms with van der Waals surface area (Å²) in [6.45, 7) is 0.973. The van der Waals surface area contributed by atoms with Crippen molar-refractivity contribution in [3.8, 4) is 0 Å². The van der Waals surface area contributed by atoms with Gasteiger partial charge < -0.3 is 15.2 Å². The van der Waals surface area contributed by atoms with Crippen LogP contribution in [-0.4, -0.2) is 36.7 Å². The van der Waals surface area contributed by atoms with Crippen LogP contribution in [0.15, 0.2) is 24.3 Å². The van der Waals surface area contributed by atoms with E-state index >= 15 is 0 Å². The highest BCUT2D eigenvalue weighted by Gasteiger charge is 2.51. The predicted molar refractivity (Wildman–Crippen MR) is 80.4 cm³/mol. The largest absolute Gasteiger partial charge is 0.481 e. The van der Waals surface area contributed by atoms with E-state index in [9.17, 15) is 19.1 Å². The Morgan fingerprint density at radius 1 is 1.22 bits per heavy atom. The first kappa shape index (κ1) is 15.9. The molecule has 3 rings (SSSR count). The lowest BCUT2D eigenvalue weighted by Crippen LogP contribution is -2.50. The summed E-state index contributed by atoms with van der Waals surface area (Å²) in [5.74, 6) is -1.49. The zero-order valence-corrected chi connectivity index (χ0v) is 12.8. The average Bonchev–Trinajstić information content (AvgIpc) is 3.34. The Bertz CT molecular complexity index is 621. The SMILES string of the molecule is O=C(O)C1(CNC(=O)C2(c3cccc(F)c3)CCOCC2)CC1. The molecule has 124 valence electrons. The molecule has 0 aromatic heterocycles.